The Kier molecular flexibility index (Phi) is 22.5. The first-order valence-corrected chi connectivity index (χ1v) is 42.9. The zero-order valence-electron chi connectivity index (χ0n) is 54.9. The molecule has 11 unspecified atom stereocenters. The first-order chi connectivity index (χ1) is 37.0. The third-order valence-corrected chi connectivity index (χ3v) is 39.3. The molecule has 8 rings (SSSR count). The number of methoxy groups -OCH3 is 1. The predicted octanol–water partition coefficient (Wildman–Crippen LogP) is 14.1. The molecule has 0 radical (unpaired) electrons. The van der Waals surface area contributed by atoms with Gasteiger partial charge in [-0.25, -0.2) is 0 Å². The maximum atomic E-state index is 15.0. The van der Waals surface area contributed by atoms with Gasteiger partial charge in [-0.2, -0.15) is 0 Å². The van der Waals surface area contributed by atoms with Gasteiger partial charge in [0.1, 0.15) is 30.2 Å². The molecule has 8 heterocycles. The van der Waals surface area contributed by atoms with Crippen LogP contribution in [0.2, 0.25) is 72.5 Å². The van der Waals surface area contributed by atoms with Crippen LogP contribution in [0.25, 0.3) is 0 Å². The quantitative estimate of drug-likeness (QED) is 0.146. The predicted molar refractivity (Wildman–Crippen MR) is 335 cm³/mol. The Morgan fingerprint density at radius 2 is 1.21 bits per heavy atom. The highest BCUT2D eigenvalue weighted by Gasteiger charge is 2.56. The normalized spacial score (nSPS) is 36.0. The fourth-order valence-corrected chi connectivity index (χ4v) is 16.8. The summed E-state index contributed by atoms with van der Waals surface area (Å²) in [4.78, 5) is 28.9. The van der Waals surface area contributed by atoms with Gasteiger partial charge in [-0.05, 0) is 141 Å². The van der Waals surface area contributed by atoms with Crippen molar-refractivity contribution >= 4 is 44.8 Å². The maximum Gasteiger partial charge on any atom is 0.193 e. The van der Waals surface area contributed by atoms with Crippen LogP contribution in [-0.4, -0.2) is 155 Å². The summed E-state index contributed by atoms with van der Waals surface area (Å²) in [6.07, 6.45) is 3.07. The molecule has 0 aromatic carbocycles. The van der Waals surface area contributed by atoms with Crippen molar-refractivity contribution in [1.29, 1.82) is 0 Å². The molecule has 466 valence electrons. The third-order valence-electron chi connectivity index (χ3n) is 21.3. The Balaban J connectivity index is 1.37. The second-order valence-electron chi connectivity index (χ2n) is 31.7. The Bertz CT molecular complexity index is 2190. The van der Waals surface area contributed by atoms with Gasteiger partial charge >= 0.3 is 0 Å². The van der Waals surface area contributed by atoms with E-state index < -0.39 is 82.1 Å². The topological polar surface area (TPSA) is 147 Å². The minimum absolute atomic E-state index is 0.0177. The Morgan fingerprint density at radius 1 is 0.630 bits per heavy atom. The fourth-order valence-electron chi connectivity index (χ4n) is 11.8. The van der Waals surface area contributed by atoms with E-state index in [1.807, 2.05) is 6.08 Å². The largest absolute Gasteiger partial charge is 0.414 e. The van der Waals surface area contributed by atoms with Gasteiger partial charge in [-0.1, -0.05) is 109 Å². The second kappa shape index (κ2) is 26.4. The first-order valence-electron chi connectivity index (χ1n) is 31.3. The van der Waals surface area contributed by atoms with Gasteiger partial charge in [-0.15, -0.1) is 0 Å². The molecule has 0 saturated carbocycles. The number of ether oxygens (including phenoxy) is 6. The molecule has 0 amide bonds. The van der Waals surface area contributed by atoms with E-state index in [1.54, 1.807) is 13.2 Å². The summed E-state index contributed by atoms with van der Waals surface area (Å²) in [5.74, 6) is -0.0473. The smallest absolute Gasteiger partial charge is 0.193 e. The van der Waals surface area contributed by atoms with E-state index in [0.717, 1.165) is 30.4 Å². The average molecular weight is 1210 g/mol. The Hall–Kier alpha value is -1.01. The molecular weight excluding hydrogens is 1090 g/mol. The van der Waals surface area contributed by atoms with Crippen LogP contribution in [-0.2, 0) is 55.7 Å². The van der Waals surface area contributed by atoms with E-state index in [-0.39, 0.29) is 99.1 Å². The number of allylic oxidation sites excluding steroid dienone is 1. The van der Waals surface area contributed by atoms with Crippen LogP contribution in [0.4, 0.5) is 0 Å². The average Bonchev–Trinajstić information content (AvgIpc) is 3.87. The monoisotopic (exact) mass is 1200 g/mol. The Morgan fingerprint density at radius 3 is 1.81 bits per heavy atom. The van der Waals surface area contributed by atoms with E-state index in [9.17, 15) is 14.7 Å². The summed E-state index contributed by atoms with van der Waals surface area (Å²) < 4.78 is 70.4. The van der Waals surface area contributed by atoms with Crippen molar-refractivity contribution in [2.45, 2.75) is 331 Å². The van der Waals surface area contributed by atoms with Gasteiger partial charge in [0.15, 0.2) is 39.1 Å². The van der Waals surface area contributed by atoms with Crippen LogP contribution in [0.3, 0.4) is 0 Å². The van der Waals surface area contributed by atoms with Gasteiger partial charge in [0, 0.05) is 45.1 Å². The van der Waals surface area contributed by atoms with Gasteiger partial charge in [-0.3, -0.25) is 9.59 Å². The number of fused-ring (bicyclic) bond motifs is 2. The summed E-state index contributed by atoms with van der Waals surface area (Å²) in [5.41, 5.74) is 2.10. The molecule has 1 N–H and O–H groups in total. The molecule has 0 aliphatic carbocycles. The lowest BCUT2D eigenvalue weighted by Crippen LogP contribution is -2.67. The molecule has 81 heavy (non-hydrogen) atoms. The number of ketones is 2. The van der Waals surface area contributed by atoms with Gasteiger partial charge in [0.25, 0.3) is 0 Å². The molecule has 13 nitrogen and oxygen atoms in total. The van der Waals surface area contributed by atoms with Gasteiger partial charge in [0.2, 0.25) is 0 Å². The summed E-state index contributed by atoms with van der Waals surface area (Å²) in [6, 6.07) is 0. The Labute approximate surface area is 496 Å². The zero-order valence-corrected chi connectivity index (χ0v) is 58.9. The van der Waals surface area contributed by atoms with E-state index in [0.29, 0.717) is 51.6 Å². The van der Waals surface area contributed by atoms with Crippen LogP contribution in [0.5, 0.6) is 0 Å². The van der Waals surface area contributed by atoms with Crippen molar-refractivity contribution in [2.75, 3.05) is 13.7 Å². The van der Waals surface area contributed by atoms with Crippen molar-refractivity contribution < 1.29 is 60.8 Å². The highest BCUT2D eigenvalue weighted by Crippen LogP contribution is 2.47. The summed E-state index contributed by atoms with van der Waals surface area (Å²) in [5, 5.41) is 12.5. The number of carbonyl (C=O) groups excluding carboxylic acids is 2. The molecule has 8 aliphatic heterocycles. The van der Waals surface area contributed by atoms with E-state index in [1.165, 1.54) is 0 Å². The summed E-state index contributed by atoms with van der Waals surface area (Å²) in [6.45, 7) is 56.5. The lowest BCUT2D eigenvalue weighted by atomic mass is 9.81. The van der Waals surface area contributed by atoms with Crippen molar-refractivity contribution in [3.63, 3.8) is 0 Å². The molecule has 8 aliphatic rings. The molecule has 0 aromatic heterocycles. The molecule has 5 saturated heterocycles. The first kappa shape index (κ1) is 69.1. The lowest BCUT2D eigenvalue weighted by Gasteiger charge is -2.53. The van der Waals surface area contributed by atoms with Gasteiger partial charge in [0.05, 0.1) is 73.8 Å². The minimum atomic E-state index is -2.58. The van der Waals surface area contributed by atoms with Crippen molar-refractivity contribution in [3.8, 4) is 0 Å². The standard InChI is InChI=1S/C64H116O13Si4/c1-40-33-46-28-31-50-41(2)34-45(70-50)27-25-43(65)26-30-52(76-80(21,22)63(10,11)12)59-60(77-81(23,24)64(13,14)15)56(67)58-51(74-59)32-29-47(72-58)35-44(66)36-49-54(38-53(71-46)42(40)3)73-55(57(49)68-16)37-48(75-79(19,20)62(7,8)9)39-69-78(17,18)61(4,5)6/h26,30,40,45-60,67H,2-3,25,27-29,31-39H2,1,4-24H3/b30-26+/t40-,45+,46+,47?,48?,49?,50?,51+,52?,53?,54?,55?,56+,57-,58?,59?,60?/m1/s1. The number of aliphatic hydroxyl groups is 1. The lowest BCUT2D eigenvalue weighted by molar-refractivity contribution is -0.269. The molecule has 17 heteroatoms. The van der Waals surface area contributed by atoms with Crippen LogP contribution in [0, 0.1) is 11.8 Å². The number of carbonyl (C=O) groups is 2. The summed E-state index contributed by atoms with van der Waals surface area (Å²) in [7, 11) is -7.79. The second-order valence-corrected chi connectivity index (χ2v) is 50.8. The molecule has 0 spiro atoms. The molecule has 0 aromatic rings. The maximum absolute atomic E-state index is 15.0. The molecule has 5 fully saturated rings. The highest BCUT2D eigenvalue weighted by molar-refractivity contribution is 6.75. The third kappa shape index (κ3) is 17.0. The van der Waals surface area contributed by atoms with E-state index in [4.69, 9.17) is 46.1 Å². The zero-order chi connectivity index (χ0) is 60.8. The fraction of sp³-hybridized carbons (Fsp3) is 0.875. The van der Waals surface area contributed by atoms with Crippen molar-refractivity contribution in [3.05, 3.63) is 36.5 Å². The van der Waals surface area contributed by atoms with E-state index in [2.05, 4.69) is 156 Å². The van der Waals surface area contributed by atoms with Crippen LogP contribution >= 0.6 is 0 Å². The number of hydrogen-bond acceptors (Lipinski definition) is 13. The van der Waals surface area contributed by atoms with Crippen molar-refractivity contribution in [2.24, 2.45) is 11.8 Å². The van der Waals surface area contributed by atoms with E-state index >= 15 is 0 Å². The number of Topliss-reactive ketones (excluding diaryl/α,β-unsaturated/α-hetero) is 1. The van der Waals surface area contributed by atoms with Crippen LogP contribution in [0.15, 0.2) is 36.5 Å². The van der Waals surface area contributed by atoms with Crippen molar-refractivity contribution in [1.82, 2.24) is 0 Å². The number of hydrogen-bond donors (Lipinski definition) is 1. The molecule has 17 atom stereocenters. The van der Waals surface area contributed by atoms with Gasteiger partial charge < -0.3 is 51.2 Å². The van der Waals surface area contributed by atoms with Crippen LogP contribution in [0.1, 0.15) is 167 Å². The number of rotatable bonds is 12. The molecular formula is C64H116O13Si4. The summed E-state index contributed by atoms with van der Waals surface area (Å²) >= 11 is 0. The highest BCUT2D eigenvalue weighted by atomic mass is 28.4. The SMILES string of the molecule is C=C1C[C@@H]2CCC(=O)/C=C/C(O[Si](C)(C)C(C)(C)C)C3O[C@H]4CCC(CC(=O)CC5C(CC6O[C@@H](CCC1O2)C[C@@H](C)C6=C)OC(CC(CO[Si](C)(C)C(C)(C)C)O[Si](C)(C)C(C)(C)C)[C@@H]5OC)OC4[C@H](O)C3O[Si](C)(C)C(C)(C)C. The minimum Gasteiger partial charge on any atom is -0.414 e. The molecule has 8 bridgehead atoms. The van der Waals surface area contributed by atoms with Crippen LogP contribution < -0.4 is 0 Å². The number of aliphatic hydroxyl groups excluding tert-OH is 1.